The van der Waals surface area contributed by atoms with Gasteiger partial charge in [0.2, 0.25) is 5.91 Å². The van der Waals surface area contributed by atoms with Gasteiger partial charge >= 0.3 is 0 Å². The van der Waals surface area contributed by atoms with Crippen molar-refractivity contribution < 1.29 is 9.21 Å². The lowest BCUT2D eigenvalue weighted by atomic mass is 9.81. The van der Waals surface area contributed by atoms with Crippen LogP contribution in [0.25, 0.3) is 0 Å². The summed E-state index contributed by atoms with van der Waals surface area (Å²) in [6.07, 6.45) is 4.52. The highest BCUT2D eigenvalue weighted by molar-refractivity contribution is 7.80. The SMILES string of the molecule is CCC(CC)(C(=O)NC(C)CCc1ccco1)C(N)=S. The summed E-state index contributed by atoms with van der Waals surface area (Å²) < 4.78 is 5.28. The Kier molecular flexibility index (Phi) is 6.20. The number of hydrogen-bond donors (Lipinski definition) is 2. The maximum absolute atomic E-state index is 12.4. The van der Waals surface area contributed by atoms with E-state index in [-0.39, 0.29) is 16.9 Å². The van der Waals surface area contributed by atoms with Crippen molar-refractivity contribution in [1.82, 2.24) is 5.32 Å². The molecule has 0 spiro atoms. The van der Waals surface area contributed by atoms with Gasteiger partial charge in [0, 0.05) is 12.5 Å². The first kappa shape index (κ1) is 16.7. The van der Waals surface area contributed by atoms with Crippen molar-refractivity contribution >= 4 is 23.1 Å². The molecule has 0 fully saturated rings. The Morgan fingerprint density at radius 2 is 2.15 bits per heavy atom. The molecule has 0 saturated carbocycles. The zero-order valence-electron chi connectivity index (χ0n) is 12.4. The van der Waals surface area contributed by atoms with Crippen LogP contribution in [0.2, 0.25) is 0 Å². The predicted octanol–water partition coefficient (Wildman–Crippen LogP) is 2.81. The first-order chi connectivity index (χ1) is 9.46. The van der Waals surface area contributed by atoms with Gasteiger partial charge in [0.15, 0.2) is 0 Å². The van der Waals surface area contributed by atoms with E-state index in [1.807, 2.05) is 32.9 Å². The molecular weight excluding hydrogens is 272 g/mol. The Morgan fingerprint density at radius 3 is 2.60 bits per heavy atom. The number of rotatable bonds is 8. The minimum Gasteiger partial charge on any atom is -0.469 e. The third-order valence-corrected chi connectivity index (χ3v) is 4.29. The second kappa shape index (κ2) is 7.43. The largest absolute Gasteiger partial charge is 0.469 e. The molecule has 0 aliphatic carbocycles. The van der Waals surface area contributed by atoms with Crippen LogP contribution in [0, 0.1) is 5.41 Å². The van der Waals surface area contributed by atoms with E-state index < -0.39 is 5.41 Å². The fourth-order valence-corrected chi connectivity index (χ4v) is 2.66. The van der Waals surface area contributed by atoms with Gasteiger partial charge < -0.3 is 15.5 Å². The van der Waals surface area contributed by atoms with Crippen molar-refractivity contribution in [2.75, 3.05) is 0 Å². The van der Waals surface area contributed by atoms with Gasteiger partial charge in [0.25, 0.3) is 0 Å². The number of nitrogens with two attached hydrogens (primary N) is 1. The molecular formula is C15H24N2O2S. The van der Waals surface area contributed by atoms with Crippen LogP contribution in [0.4, 0.5) is 0 Å². The van der Waals surface area contributed by atoms with Crippen molar-refractivity contribution in [1.29, 1.82) is 0 Å². The summed E-state index contributed by atoms with van der Waals surface area (Å²) in [6.45, 7) is 5.86. The van der Waals surface area contributed by atoms with E-state index in [0.29, 0.717) is 12.8 Å². The number of carbonyl (C=O) groups excluding carboxylic acids is 1. The molecule has 1 unspecified atom stereocenters. The number of thiocarbonyl (C=S) groups is 1. The predicted molar refractivity (Wildman–Crippen MR) is 84.4 cm³/mol. The molecule has 1 atom stereocenters. The van der Waals surface area contributed by atoms with E-state index in [9.17, 15) is 4.79 Å². The van der Waals surface area contributed by atoms with Crippen LogP contribution in [0.5, 0.6) is 0 Å². The van der Waals surface area contributed by atoms with Gasteiger partial charge in [0.05, 0.1) is 16.7 Å². The fourth-order valence-electron chi connectivity index (χ4n) is 2.28. The first-order valence-corrected chi connectivity index (χ1v) is 7.50. The minimum atomic E-state index is -0.728. The molecule has 1 heterocycles. The van der Waals surface area contributed by atoms with Crippen LogP contribution in [-0.2, 0) is 11.2 Å². The van der Waals surface area contributed by atoms with Crippen molar-refractivity contribution in [2.24, 2.45) is 11.1 Å². The summed E-state index contributed by atoms with van der Waals surface area (Å²) in [4.78, 5) is 12.7. The van der Waals surface area contributed by atoms with Crippen LogP contribution < -0.4 is 11.1 Å². The van der Waals surface area contributed by atoms with Crippen LogP contribution in [0.15, 0.2) is 22.8 Å². The molecule has 112 valence electrons. The van der Waals surface area contributed by atoms with E-state index >= 15 is 0 Å². The summed E-state index contributed by atoms with van der Waals surface area (Å²) in [6, 6.07) is 3.86. The van der Waals surface area contributed by atoms with Gasteiger partial charge in [-0.2, -0.15) is 0 Å². The standard InChI is InChI=1S/C15H24N2O2S/c1-4-15(5-2,13(16)20)14(18)17-11(3)8-9-12-7-6-10-19-12/h6-7,10-11H,4-5,8-9H2,1-3H3,(H2,16,20)(H,17,18). The molecule has 0 aliphatic heterocycles. The summed E-state index contributed by atoms with van der Waals surface area (Å²) in [5, 5.41) is 3.02. The lowest BCUT2D eigenvalue weighted by molar-refractivity contribution is -0.128. The maximum atomic E-state index is 12.4. The van der Waals surface area contributed by atoms with Crippen LogP contribution >= 0.6 is 12.2 Å². The second-order valence-electron chi connectivity index (χ2n) is 5.15. The minimum absolute atomic E-state index is 0.0550. The number of carbonyl (C=O) groups is 1. The Labute approximate surface area is 126 Å². The van der Waals surface area contributed by atoms with Crippen molar-refractivity contribution in [3.05, 3.63) is 24.2 Å². The molecule has 3 N–H and O–H groups in total. The average Bonchev–Trinajstić information content (AvgIpc) is 2.91. The molecule has 20 heavy (non-hydrogen) atoms. The molecule has 1 rings (SSSR count). The highest BCUT2D eigenvalue weighted by Crippen LogP contribution is 2.27. The number of furan rings is 1. The molecule has 1 amide bonds. The van der Waals surface area contributed by atoms with Crippen molar-refractivity contribution in [3.63, 3.8) is 0 Å². The lowest BCUT2D eigenvalue weighted by Crippen LogP contribution is -2.50. The van der Waals surface area contributed by atoms with E-state index in [4.69, 9.17) is 22.4 Å². The smallest absolute Gasteiger partial charge is 0.233 e. The Hall–Kier alpha value is -1.36. The normalized spacial score (nSPS) is 12.9. The molecule has 0 saturated heterocycles. The Balaban J connectivity index is 2.57. The van der Waals surface area contributed by atoms with Crippen molar-refractivity contribution in [3.8, 4) is 0 Å². The fraction of sp³-hybridized carbons (Fsp3) is 0.600. The molecule has 0 bridgehead atoms. The second-order valence-corrected chi connectivity index (χ2v) is 5.59. The summed E-state index contributed by atoms with van der Waals surface area (Å²) in [5.74, 6) is 0.861. The van der Waals surface area contributed by atoms with E-state index in [1.165, 1.54) is 0 Å². The number of nitrogens with one attached hydrogen (secondary N) is 1. The first-order valence-electron chi connectivity index (χ1n) is 7.09. The molecule has 0 aliphatic rings. The van der Waals surface area contributed by atoms with Crippen LogP contribution in [0.3, 0.4) is 0 Å². The summed E-state index contributed by atoms with van der Waals surface area (Å²) >= 11 is 5.09. The molecule has 0 aromatic carbocycles. The van der Waals surface area contributed by atoms with E-state index in [2.05, 4.69) is 5.32 Å². The van der Waals surface area contributed by atoms with Gasteiger partial charge in [-0.25, -0.2) is 0 Å². The number of hydrogen-bond acceptors (Lipinski definition) is 3. The highest BCUT2D eigenvalue weighted by Gasteiger charge is 2.38. The van der Waals surface area contributed by atoms with Crippen molar-refractivity contribution in [2.45, 2.75) is 52.5 Å². The zero-order valence-corrected chi connectivity index (χ0v) is 13.3. The van der Waals surface area contributed by atoms with Gasteiger partial charge in [0.1, 0.15) is 5.76 Å². The Bertz CT molecular complexity index is 439. The lowest BCUT2D eigenvalue weighted by Gasteiger charge is -2.30. The van der Waals surface area contributed by atoms with Gasteiger partial charge in [-0.1, -0.05) is 26.1 Å². The van der Waals surface area contributed by atoms with Gasteiger partial charge in [-0.3, -0.25) is 4.79 Å². The third kappa shape index (κ3) is 3.82. The maximum Gasteiger partial charge on any atom is 0.233 e. The average molecular weight is 296 g/mol. The van der Waals surface area contributed by atoms with Crippen LogP contribution in [0.1, 0.15) is 45.8 Å². The molecule has 0 radical (unpaired) electrons. The molecule has 5 heteroatoms. The highest BCUT2D eigenvalue weighted by atomic mass is 32.1. The topological polar surface area (TPSA) is 68.3 Å². The third-order valence-electron chi connectivity index (χ3n) is 3.89. The quantitative estimate of drug-likeness (QED) is 0.724. The molecule has 4 nitrogen and oxygen atoms in total. The van der Waals surface area contributed by atoms with E-state index in [0.717, 1.165) is 18.6 Å². The monoisotopic (exact) mass is 296 g/mol. The van der Waals surface area contributed by atoms with Gasteiger partial charge in [-0.05, 0) is 38.3 Å². The summed E-state index contributed by atoms with van der Waals surface area (Å²) in [5.41, 5.74) is 5.05. The number of aryl methyl sites for hydroxylation is 1. The van der Waals surface area contributed by atoms with Crippen LogP contribution in [-0.4, -0.2) is 16.9 Å². The zero-order chi connectivity index (χ0) is 15.2. The molecule has 1 aromatic heterocycles. The Morgan fingerprint density at radius 1 is 1.50 bits per heavy atom. The number of amides is 1. The van der Waals surface area contributed by atoms with Gasteiger partial charge in [-0.15, -0.1) is 0 Å². The molecule has 1 aromatic rings. The van der Waals surface area contributed by atoms with E-state index in [1.54, 1.807) is 6.26 Å². The summed E-state index contributed by atoms with van der Waals surface area (Å²) in [7, 11) is 0.